The van der Waals surface area contributed by atoms with Gasteiger partial charge in [-0.1, -0.05) is 43.3 Å². The third-order valence-electron chi connectivity index (χ3n) is 10.9. The van der Waals surface area contributed by atoms with Crippen LogP contribution < -0.4 is 21.5 Å². The number of carbonyl (C=O) groups is 3. The Balaban J connectivity index is 0.000000207. The molecule has 0 spiro atoms. The molecule has 286 valence electrons. The molecule has 0 radical (unpaired) electrons. The predicted octanol–water partition coefficient (Wildman–Crippen LogP) is 5.22. The number of hydrogen-bond donors (Lipinski definition) is 5. The number of amides is 2. The normalized spacial score (nSPS) is 22.7. The zero-order valence-corrected chi connectivity index (χ0v) is 30.5. The van der Waals surface area contributed by atoms with E-state index >= 15 is 0 Å². The Kier molecular flexibility index (Phi) is 14.3. The van der Waals surface area contributed by atoms with Gasteiger partial charge in [0.25, 0.3) is 5.91 Å². The van der Waals surface area contributed by atoms with E-state index in [1.165, 1.54) is 48.9 Å². The second kappa shape index (κ2) is 19.0. The first-order valence-electron chi connectivity index (χ1n) is 18.5. The second-order valence-electron chi connectivity index (χ2n) is 14.2. The van der Waals surface area contributed by atoms with Gasteiger partial charge in [0.2, 0.25) is 5.91 Å². The summed E-state index contributed by atoms with van der Waals surface area (Å²) in [6, 6.07) is 18.2. The number of primary amides is 1. The van der Waals surface area contributed by atoms with Crippen LogP contribution >= 0.6 is 0 Å². The maximum Gasteiger partial charge on any atom is 0.256 e. The highest BCUT2D eigenvalue weighted by Gasteiger charge is 2.55. The molecule has 3 aromatic carbocycles. The van der Waals surface area contributed by atoms with E-state index in [1.807, 2.05) is 42.5 Å². The third kappa shape index (κ3) is 9.94. The maximum atomic E-state index is 12.0. The molecule has 3 aliphatic carbocycles. The molecule has 6 rings (SSSR count). The number of ether oxygens (including phenoxy) is 4. The molecule has 7 N–H and O–H groups in total. The van der Waals surface area contributed by atoms with Crippen LogP contribution in [-0.4, -0.2) is 74.0 Å². The van der Waals surface area contributed by atoms with Crippen molar-refractivity contribution in [3.8, 4) is 17.2 Å². The molecule has 0 saturated heterocycles. The molecule has 12 nitrogen and oxygen atoms in total. The molecular formula is C41H53N3O9. The third-order valence-corrected chi connectivity index (χ3v) is 10.9. The average Bonchev–Trinajstić information content (AvgIpc) is 3.49. The summed E-state index contributed by atoms with van der Waals surface area (Å²) in [7, 11) is 0. The topological polar surface area (TPSA) is 193 Å². The minimum Gasteiger partial charge on any atom is -0.508 e. The van der Waals surface area contributed by atoms with Crippen molar-refractivity contribution < 1.29 is 43.5 Å². The van der Waals surface area contributed by atoms with Gasteiger partial charge in [0.1, 0.15) is 36.6 Å². The van der Waals surface area contributed by atoms with E-state index in [-0.39, 0.29) is 42.2 Å². The lowest BCUT2D eigenvalue weighted by atomic mass is 9.55. The first-order chi connectivity index (χ1) is 25.7. The van der Waals surface area contributed by atoms with Crippen molar-refractivity contribution in [1.29, 1.82) is 0 Å². The van der Waals surface area contributed by atoms with Crippen molar-refractivity contribution in [3.05, 3.63) is 82.9 Å². The monoisotopic (exact) mass is 731 g/mol. The SMILES string of the molecule is CC12CCC3c4ccc(O)cc4CCC3C1CC[C@H]2OCCC=O.NCCOCCOCC(=O)Nc1ccc(OCc2ccccc2)c(C(N)=O)c1O. The van der Waals surface area contributed by atoms with Crippen LogP contribution in [0.1, 0.15) is 78.4 Å². The van der Waals surface area contributed by atoms with Crippen molar-refractivity contribution in [3.63, 3.8) is 0 Å². The van der Waals surface area contributed by atoms with Crippen LogP contribution in [0.4, 0.5) is 5.69 Å². The first kappa shape index (κ1) is 39.7. The van der Waals surface area contributed by atoms with Crippen LogP contribution in [0, 0.1) is 17.3 Å². The summed E-state index contributed by atoms with van der Waals surface area (Å²) < 4.78 is 22.0. The van der Waals surface area contributed by atoms with Crippen LogP contribution in [0.5, 0.6) is 17.2 Å². The van der Waals surface area contributed by atoms with Crippen LogP contribution in [0.15, 0.2) is 60.7 Å². The molecule has 0 bridgehead atoms. The van der Waals surface area contributed by atoms with Crippen molar-refractivity contribution >= 4 is 23.8 Å². The van der Waals surface area contributed by atoms with Crippen molar-refractivity contribution in [2.75, 3.05) is 44.9 Å². The summed E-state index contributed by atoms with van der Waals surface area (Å²) in [5.74, 6) is 0.800. The molecule has 3 aliphatic rings. The molecular weight excluding hydrogens is 678 g/mol. The fraction of sp³-hybridized carbons (Fsp3) is 0.488. The molecule has 12 heteroatoms. The fourth-order valence-electron chi connectivity index (χ4n) is 8.47. The Morgan fingerprint density at radius 3 is 2.51 bits per heavy atom. The van der Waals surface area contributed by atoms with Gasteiger partial charge in [0.15, 0.2) is 5.75 Å². The first-order valence-corrected chi connectivity index (χ1v) is 18.5. The minimum absolute atomic E-state index is 0.0267. The molecule has 0 aromatic heterocycles. The molecule has 2 amide bonds. The van der Waals surface area contributed by atoms with Crippen LogP contribution in [0.2, 0.25) is 0 Å². The summed E-state index contributed by atoms with van der Waals surface area (Å²) in [6.45, 7) is 4.31. The van der Waals surface area contributed by atoms with E-state index in [0.717, 1.165) is 36.5 Å². The number of benzene rings is 3. The quantitative estimate of drug-likeness (QED) is 0.0741. The van der Waals surface area contributed by atoms with E-state index in [4.69, 9.17) is 30.4 Å². The Hall–Kier alpha value is -4.49. The molecule has 0 aliphatic heterocycles. The number of phenolic OH excluding ortho intramolecular Hbond substituents is 1. The summed E-state index contributed by atoms with van der Waals surface area (Å²) in [5.41, 5.74) is 14.5. The largest absolute Gasteiger partial charge is 0.508 e. The van der Waals surface area contributed by atoms with Crippen LogP contribution in [0.3, 0.4) is 0 Å². The zero-order valence-electron chi connectivity index (χ0n) is 30.5. The number of aryl methyl sites for hydroxylation is 1. The molecule has 5 atom stereocenters. The van der Waals surface area contributed by atoms with Gasteiger partial charge in [0, 0.05) is 13.0 Å². The van der Waals surface area contributed by atoms with Crippen molar-refractivity contribution in [2.24, 2.45) is 28.7 Å². The summed E-state index contributed by atoms with van der Waals surface area (Å²) in [6.07, 6.45) is 8.97. The van der Waals surface area contributed by atoms with Gasteiger partial charge >= 0.3 is 0 Å². The van der Waals surface area contributed by atoms with Gasteiger partial charge in [0.05, 0.1) is 38.2 Å². The number of phenols is 2. The predicted molar refractivity (Wildman–Crippen MR) is 200 cm³/mol. The molecule has 2 fully saturated rings. The van der Waals surface area contributed by atoms with Gasteiger partial charge < -0.3 is 50.7 Å². The van der Waals surface area contributed by atoms with E-state index in [0.29, 0.717) is 50.6 Å². The van der Waals surface area contributed by atoms with Gasteiger partial charge in [-0.15, -0.1) is 0 Å². The number of carbonyl (C=O) groups excluding carboxylic acids is 3. The maximum absolute atomic E-state index is 12.0. The fourth-order valence-corrected chi connectivity index (χ4v) is 8.47. The average molecular weight is 732 g/mol. The number of hydrogen-bond acceptors (Lipinski definition) is 10. The lowest BCUT2D eigenvalue weighted by molar-refractivity contribution is -0.121. The summed E-state index contributed by atoms with van der Waals surface area (Å²) in [5, 5.41) is 22.6. The molecule has 0 heterocycles. The van der Waals surface area contributed by atoms with E-state index in [2.05, 4.69) is 18.3 Å². The summed E-state index contributed by atoms with van der Waals surface area (Å²) in [4.78, 5) is 34.4. The van der Waals surface area contributed by atoms with Crippen molar-refractivity contribution in [2.45, 2.75) is 70.5 Å². The van der Waals surface area contributed by atoms with E-state index in [9.17, 15) is 24.6 Å². The number of fused-ring (bicyclic) bond motifs is 5. The lowest BCUT2D eigenvalue weighted by Gasteiger charge is -2.50. The highest BCUT2D eigenvalue weighted by molar-refractivity contribution is 6.02. The van der Waals surface area contributed by atoms with Gasteiger partial charge in [-0.25, -0.2) is 0 Å². The van der Waals surface area contributed by atoms with Crippen LogP contribution in [0.25, 0.3) is 0 Å². The number of aromatic hydroxyl groups is 2. The standard InChI is InChI=1S/C21H28O3.C20H25N3O6/c1-21-10-9-17-16-6-4-15(23)13-14(16)3-5-18(17)19(21)7-8-20(21)24-12-2-11-22;21-8-9-27-10-11-28-13-17(24)23-15-6-7-16(18(19(15)25)20(22)26)29-12-14-4-2-1-3-5-14/h4,6,11,13,17-20,23H,2-3,5,7-10,12H2,1H3;1-7,25H,8-13,21H2,(H2,22,26)(H,23,24)/t17?,18?,19?,20-,21?;/m1./s1. The number of anilines is 1. The van der Waals surface area contributed by atoms with E-state index in [1.54, 1.807) is 0 Å². The lowest BCUT2D eigenvalue weighted by Crippen LogP contribution is -2.44. The molecule has 4 unspecified atom stereocenters. The minimum atomic E-state index is -0.880. The number of rotatable bonds is 16. The number of nitrogens with two attached hydrogens (primary N) is 2. The summed E-state index contributed by atoms with van der Waals surface area (Å²) >= 11 is 0. The smallest absolute Gasteiger partial charge is 0.256 e. The van der Waals surface area contributed by atoms with E-state index < -0.39 is 17.6 Å². The van der Waals surface area contributed by atoms with Gasteiger partial charge in [-0.2, -0.15) is 0 Å². The molecule has 53 heavy (non-hydrogen) atoms. The number of aldehydes is 1. The Morgan fingerprint density at radius 1 is 0.962 bits per heavy atom. The van der Waals surface area contributed by atoms with Gasteiger partial charge in [-0.3, -0.25) is 9.59 Å². The highest BCUT2D eigenvalue weighted by atomic mass is 16.5. The van der Waals surface area contributed by atoms with Gasteiger partial charge in [-0.05, 0) is 103 Å². The Bertz CT molecular complexity index is 1690. The van der Waals surface area contributed by atoms with Crippen LogP contribution in [-0.2, 0) is 36.8 Å². The number of nitrogens with one attached hydrogen (secondary N) is 1. The highest BCUT2D eigenvalue weighted by Crippen LogP contribution is 2.61. The Morgan fingerprint density at radius 2 is 1.75 bits per heavy atom. The Labute approximate surface area is 311 Å². The second-order valence-corrected chi connectivity index (χ2v) is 14.2. The zero-order chi connectivity index (χ0) is 37.8. The molecule has 3 aromatic rings. The van der Waals surface area contributed by atoms with Crippen molar-refractivity contribution in [1.82, 2.24) is 0 Å². The molecule has 2 saturated carbocycles.